The fourth-order valence-electron chi connectivity index (χ4n) is 3.61. The molecule has 118 valence electrons. The van der Waals surface area contributed by atoms with E-state index in [1.807, 2.05) is 25.1 Å². The van der Waals surface area contributed by atoms with Crippen LogP contribution in [0.25, 0.3) is 0 Å². The summed E-state index contributed by atoms with van der Waals surface area (Å²) in [5.74, 6) is -1.47. The van der Waals surface area contributed by atoms with Gasteiger partial charge in [-0.2, -0.15) is 13.2 Å². The molecule has 0 heterocycles. The van der Waals surface area contributed by atoms with E-state index in [-0.39, 0.29) is 18.4 Å². The van der Waals surface area contributed by atoms with Gasteiger partial charge in [0, 0.05) is 6.04 Å². The first-order valence-electron chi connectivity index (χ1n) is 7.71. The van der Waals surface area contributed by atoms with Crippen molar-refractivity contribution >= 4 is 0 Å². The second kappa shape index (κ2) is 6.82. The minimum absolute atomic E-state index is 0.112. The van der Waals surface area contributed by atoms with Gasteiger partial charge in [0.1, 0.15) is 0 Å². The number of hydrogen-bond donors (Lipinski definition) is 1. The van der Waals surface area contributed by atoms with Gasteiger partial charge in [0.25, 0.3) is 0 Å². The Hall–Kier alpha value is -1.03. The highest BCUT2D eigenvalue weighted by Gasteiger charge is 2.47. The van der Waals surface area contributed by atoms with Crippen LogP contribution in [-0.4, -0.2) is 19.3 Å². The summed E-state index contributed by atoms with van der Waals surface area (Å²) in [5, 5.41) is 3.14. The van der Waals surface area contributed by atoms with Crippen molar-refractivity contribution in [2.75, 3.05) is 7.05 Å². The minimum atomic E-state index is -4.08. The Bertz CT molecular complexity index is 456. The summed E-state index contributed by atoms with van der Waals surface area (Å²) >= 11 is 0. The predicted octanol–water partition coefficient (Wildman–Crippen LogP) is 4.49. The van der Waals surface area contributed by atoms with Crippen LogP contribution in [0.15, 0.2) is 24.3 Å². The number of halogens is 3. The first kappa shape index (κ1) is 16.3. The quantitative estimate of drug-likeness (QED) is 0.863. The lowest BCUT2D eigenvalue weighted by molar-refractivity contribution is -0.199. The van der Waals surface area contributed by atoms with E-state index in [9.17, 15) is 13.2 Å². The third-order valence-corrected chi connectivity index (χ3v) is 4.67. The summed E-state index contributed by atoms with van der Waals surface area (Å²) in [6, 6.07) is 7.94. The normalized spacial score (nSPS) is 24.8. The molecule has 1 N–H and O–H groups in total. The molecule has 3 atom stereocenters. The maximum absolute atomic E-state index is 13.3. The molecule has 0 radical (unpaired) electrons. The molecule has 2 rings (SSSR count). The van der Waals surface area contributed by atoms with Gasteiger partial charge in [-0.25, -0.2) is 0 Å². The van der Waals surface area contributed by atoms with Gasteiger partial charge in [-0.3, -0.25) is 0 Å². The third kappa shape index (κ3) is 4.22. The van der Waals surface area contributed by atoms with Crippen LogP contribution in [0.5, 0.6) is 0 Å². The molecule has 1 aliphatic carbocycles. The number of nitrogens with one attached hydrogen (secondary N) is 1. The smallest absolute Gasteiger partial charge is 0.316 e. The highest BCUT2D eigenvalue weighted by molar-refractivity contribution is 5.23. The van der Waals surface area contributed by atoms with Crippen molar-refractivity contribution in [1.82, 2.24) is 5.32 Å². The van der Waals surface area contributed by atoms with E-state index in [0.29, 0.717) is 19.3 Å². The van der Waals surface area contributed by atoms with E-state index in [0.717, 1.165) is 17.5 Å². The zero-order valence-corrected chi connectivity index (χ0v) is 12.7. The molecule has 21 heavy (non-hydrogen) atoms. The maximum Gasteiger partial charge on any atom is 0.392 e. The van der Waals surface area contributed by atoms with Gasteiger partial charge in [0.05, 0.1) is 5.92 Å². The van der Waals surface area contributed by atoms with E-state index in [1.54, 1.807) is 7.05 Å². The topological polar surface area (TPSA) is 12.0 Å². The van der Waals surface area contributed by atoms with Crippen LogP contribution in [0.2, 0.25) is 0 Å². The van der Waals surface area contributed by atoms with Gasteiger partial charge >= 0.3 is 6.18 Å². The molecule has 1 nitrogen and oxygen atoms in total. The third-order valence-electron chi connectivity index (χ3n) is 4.67. The van der Waals surface area contributed by atoms with Crippen LogP contribution < -0.4 is 5.32 Å². The SMILES string of the molecule is CNC(Cc1cccc(C)c1)C1CCCCC1C(F)(F)F. The number of hydrogen-bond acceptors (Lipinski definition) is 1. The zero-order valence-electron chi connectivity index (χ0n) is 12.7. The number of likely N-dealkylation sites (N-methyl/N-ethyl adjacent to an activating group) is 1. The average Bonchev–Trinajstić information content (AvgIpc) is 2.44. The largest absolute Gasteiger partial charge is 0.392 e. The maximum atomic E-state index is 13.3. The van der Waals surface area contributed by atoms with Crippen molar-refractivity contribution in [2.24, 2.45) is 11.8 Å². The average molecular weight is 299 g/mol. The second-order valence-corrected chi connectivity index (χ2v) is 6.18. The monoisotopic (exact) mass is 299 g/mol. The molecule has 0 aromatic heterocycles. The molecule has 1 fully saturated rings. The highest BCUT2D eigenvalue weighted by atomic mass is 19.4. The minimum Gasteiger partial charge on any atom is -0.316 e. The van der Waals surface area contributed by atoms with Crippen LogP contribution in [0.3, 0.4) is 0 Å². The fraction of sp³-hybridized carbons (Fsp3) is 0.647. The molecule has 0 spiro atoms. The Kier molecular flexibility index (Phi) is 5.31. The number of alkyl halides is 3. The number of rotatable bonds is 4. The van der Waals surface area contributed by atoms with Gasteiger partial charge in [-0.05, 0) is 44.7 Å². The Morgan fingerprint density at radius 2 is 1.95 bits per heavy atom. The van der Waals surface area contributed by atoms with E-state index in [2.05, 4.69) is 11.4 Å². The molecule has 0 saturated heterocycles. The fourth-order valence-corrected chi connectivity index (χ4v) is 3.61. The van der Waals surface area contributed by atoms with Gasteiger partial charge in [0.15, 0.2) is 0 Å². The lowest BCUT2D eigenvalue weighted by Gasteiger charge is -2.38. The van der Waals surface area contributed by atoms with Gasteiger partial charge in [-0.15, -0.1) is 0 Å². The lowest BCUT2D eigenvalue weighted by atomic mass is 9.73. The predicted molar refractivity (Wildman–Crippen MR) is 79.2 cm³/mol. The summed E-state index contributed by atoms with van der Waals surface area (Å²) < 4.78 is 39.8. The molecular formula is C17H24F3N. The van der Waals surface area contributed by atoms with Crippen molar-refractivity contribution in [2.45, 2.75) is 51.2 Å². The summed E-state index contributed by atoms with van der Waals surface area (Å²) in [4.78, 5) is 0. The van der Waals surface area contributed by atoms with E-state index in [1.165, 1.54) is 0 Å². The van der Waals surface area contributed by atoms with E-state index in [4.69, 9.17) is 0 Å². The van der Waals surface area contributed by atoms with Crippen molar-refractivity contribution in [3.05, 3.63) is 35.4 Å². The lowest BCUT2D eigenvalue weighted by Crippen LogP contribution is -2.45. The molecule has 0 aliphatic heterocycles. The Labute approximate surface area is 124 Å². The Balaban J connectivity index is 2.14. The van der Waals surface area contributed by atoms with Gasteiger partial charge < -0.3 is 5.32 Å². The van der Waals surface area contributed by atoms with E-state index < -0.39 is 12.1 Å². The number of benzene rings is 1. The molecule has 3 unspecified atom stereocenters. The Morgan fingerprint density at radius 1 is 1.24 bits per heavy atom. The summed E-state index contributed by atoms with van der Waals surface area (Å²) in [5.41, 5.74) is 2.26. The molecule has 1 saturated carbocycles. The summed E-state index contributed by atoms with van der Waals surface area (Å²) in [6.07, 6.45) is -0.866. The zero-order chi connectivity index (χ0) is 15.5. The molecule has 0 bridgehead atoms. The van der Waals surface area contributed by atoms with E-state index >= 15 is 0 Å². The van der Waals surface area contributed by atoms with Gasteiger partial charge in [-0.1, -0.05) is 42.7 Å². The molecule has 1 aromatic rings. The molecule has 0 amide bonds. The Morgan fingerprint density at radius 3 is 2.57 bits per heavy atom. The first-order valence-corrected chi connectivity index (χ1v) is 7.71. The second-order valence-electron chi connectivity index (χ2n) is 6.18. The van der Waals surface area contributed by atoms with Crippen LogP contribution in [0, 0.1) is 18.8 Å². The van der Waals surface area contributed by atoms with Crippen molar-refractivity contribution in [3.63, 3.8) is 0 Å². The van der Waals surface area contributed by atoms with Crippen LogP contribution in [0.4, 0.5) is 13.2 Å². The molecular weight excluding hydrogens is 275 g/mol. The molecule has 4 heteroatoms. The van der Waals surface area contributed by atoms with Crippen molar-refractivity contribution in [3.8, 4) is 0 Å². The van der Waals surface area contributed by atoms with Crippen LogP contribution >= 0.6 is 0 Å². The molecule has 1 aliphatic rings. The van der Waals surface area contributed by atoms with Crippen molar-refractivity contribution in [1.29, 1.82) is 0 Å². The summed E-state index contributed by atoms with van der Waals surface area (Å²) in [7, 11) is 1.78. The summed E-state index contributed by atoms with van der Waals surface area (Å²) in [6.45, 7) is 2.01. The van der Waals surface area contributed by atoms with Crippen molar-refractivity contribution < 1.29 is 13.2 Å². The van der Waals surface area contributed by atoms with Crippen LogP contribution in [-0.2, 0) is 6.42 Å². The highest BCUT2D eigenvalue weighted by Crippen LogP contribution is 2.43. The molecule has 1 aromatic carbocycles. The number of aryl methyl sites for hydroxylation is 1. The van der Waals surface area contributed by atoms with Gasteiger partial charge in [0.2, 0.25) is 0 Å². The first-order chi connectivity index (χ1) is 9.91. The standard InChI is InChI=1S/C17H24F3N/c1-12-6-5-7-13(10-12)11-16(21-2)14-8-3-4-9-15(14)17(18,19)20/h5-7,10,14-16,21H,3-4,8-9,11H2,1-2H3. The van der Waals surface area contributed by atoms with Crippen LogP contribution in [0.1, 0.15) is 36.8 Å².